The zero-order chi connectivity index (χ0) is 21.4. The van der Waals surface area contributed by atoms with E-state index in [9.17, 15) is 14.7 Å². The Labute approximate surface area is 172 Å². The van der Waals surface area contributed by atoms with Gasteiger partial charge in [-0.05, 0) is 48.8 Å². The molecule has 0 aliphatic heterocycles. The lowest BCUT2D eigenvalue weighted by atomic mass is 10.1. The van der Waals surface area contributed by atoms with Gasteiger partial charge in [-0.1, -0.05) is 0 Å². The number of carboxylic acids is 1. The Hall–Kier alpha value is -3.81. The van der Waals surface area contributed by atoms with Crippen LogP contribution in [0.2, 0.25) is 0 Å². The summed E-state index contributed by atoms with van der Waals surface area (Å²) in [6.45, 7) is 0. The lowest BCUT2D eigenvalue weighted by Gasteiger charge is -2.14. The first-order chi connectivity index (χ1) is 14.5. The van der Waals surface area contributed by atoms with Crippen LogP contribution >= 0.6 is 0 Å². The molecule has 0 radical (unpaired) electrons. The van der Waals surface area contributed by atoms with E-state index in [2.05, 4.69) is 4.98 Å². The second-order valence-electron chi connectivity index (χ2n) is 6.79. The van der Waals surface area contributed by atoms with Crippen molar-refractivity contribution < 1.29 is 24.1 Å². The molecule has 8 nitrogen and oxygen atoms in total. The lowest BCUT2D eigenvalue weighted by molar-refractivity contribution is 0.0696. The predicted octanol–water partition coefficient (Wildman–Crippen LogP) is 2.91. The SMILES string of the molecule is COc1ccc(C=C2CCc3c2nc2ccc(C(=O)O)cn2c3=O)c(OC)c1OC. The lowest BCUT2D eigenvalue weighted by Crippen LogP contribution is -2.20. The highest BCUT2D eigenvalue weighted by molar-refractivity contribution is 5.88. The first-order valence-corrected chi connectivity index (χ1v) is 9.27. The molecule has 0 unspecified atom stereocenters. The minimum absolute atomic E-state index is 0.0372. The third kappa shape index (κ3) is 3.06. The van der Waals surface area contributed by atoms with Gasteiger partial charge in [0.2, 0.25) is 5.75 Å². The van der Waals surface area contributed by atoms with Crippen molar-refractivity contribution in [1.82, 2.24) is 9.38 Å². The molecule has 0 saturated heterocycles. The normalized spacial score (nSPS) is 14.0. The molecule has 2 heterocycles. The summed E-state index contributed by atoms with van der Waals surface area (Å²) in [4.78, 5) is 28.8. The van der Waals surface area contributed by atoms with Crippen LogP contribution in [0.4, 0.5) is 0 Å². The fourth-order valence-corrected chi connectivity index (χ4v) is 3.74. The van der Waals surface area contributed by atoms with Crippen LogP contribution in [0.5, 0.6) is 17.2 Å². The number of carbonyl (C=O) groups is 1. The standard InChI is InChI=1S/C22H20N2O6/c1-28-16-8-5-13(19(29-2)20(16)30-3)10-12-4-7-15-18(12)23-17-9-6-14(22(26)27)11-24(17)21(15)25/h5-6,8-11H,4,7H2,1-3H3,(H,26,27). The first kappa shape index (κ1) is 19.5. The van der Waals surface area contributed by atoms with Gasteiger partial charge >= 0.3 is 5.97 Å². The number of aromatic carboxylic acids is 1. The maximum atomic E-state index is 12.9. The first-order valence-electron chi connectivity index (χ1n) is 9.27. The monoisotopic (exact) mass is 408 g/mol. The average Bonchev–Trinajstić information content (AvgIpc) is 3.15. The summed E-state index contributed by atoms with van der Waals surface area (Å²) in [5.41, 5.74) is 3.06. The number of ether oxygens (including phenoxy) is 3. The number of fused-ring (bicyclic) bond motifs is 2. The highest BCUT2D eigenvalue weighted by atomic mass is 16.5. The molecule has 4 rings (SSSR count). The quantitative estimate of drug-likeness (QED) is 0.693. The van der Waals surface area contributed by atoms with E-state index >= 15 is 0 Å². The van der Waals surface area contributed by atoms with Crippen molar-refractivity contribution in [2.45, 2.75) is 12.8 Å². The van der Waals surface area contributed by atoms with E-state index in [1.807, 2.05) is 12.1 Å². The highest BCUT2D eigenvalue weighted by Crippen LogP contribution is 2.42. The molecule has 0 spiro atoms. The number of benzene rings is 1. The molecule has 1 aliphatic carbocycles. The van der Waals surface area contributed by atoms with Gasteiger partial charge in [0.25, 0.3) is 5.56 Å². The zero-order valence-electron chi connectivity index (χ0n) is 16.8. The Kier molecular flexibility index (Phi) is 4.91. The molecule has 1 N–H and O–H groups in total. The molecule has 2 aromatic heterocycles. The van der Waals surface area contributed by atoms with Crippen molar-refractivity contribution in [1.29, 1.82) is 0 Å². The molecule has 30 heavy (non-hydrogen) atoms. The topological polar surface area (TPSA) is 99.4 Å². The van der Waals surface area contributed by atoms with Gasteiger partial charge in [0.05, 0.1) is 32.6 Å². The Balaban J connectivity index is 1.87. The maximum Gasteiger partial charge on any atom is 0.337 e. The van der Waals surface area contributed by atoms with Crippen molar-refractivity contribution in [3.8, 4) is 17.2 Å². The fraction of sp³-hybridized carbons (Fsp3) is 0.227. The number of hydrogen-bond donors (Lipinski definition) is 1. The van der Waals surface area contributed by atoms with Crippen LogP contribution in [0.1, 0.15) is 33.6 Å². The number of aromatic nitrogens is 2. The minimum atomic E-state index is -1.09. The Morgan fingerprint density at radius 2 is 1.83 bits per heavy atom. The summed E-state index contributed by atoms with van der Waals surface area (Å²) >= 11 is 0. The summed E-state index contributed by atoms with van der Waals surface area (Å²) in [6.07, 6.45) is 4.41. The summed E-state index contributed by atoms with van der Waals surface area (Å²) < 4.78 is 17.6. The molecule has 0 atom stereocenters. The largest absolute Gasteiger partial charge is 0.493 e. The molecular weight excluding hydrogens is 388 g/mol. The molecule has 0 bridgehead atoms. The minimum Gasteiger partial charge on any atom is -0.493 e. The third-order valence-corrected chi connectivity index (χ3v) is 5.18. The van der Waals surface area contributed by atoms with Crippen LogP contribution in [0.15, 0.2) is 35.3 Å². The predicted molar refractivity (Wildman–Crippen MR) is 111 cm³/mol. The van der Waals surface area contributed by atoms with E-state index in [-0.39, 0.29) is 11.1 Å². The van der Waals surface area contributed by atoms with Gasteiger partial charge in [0.1, 0.15) is 5.65 Å². The van der Waals surface area contributed by atoms with E-state index < -0.39 is 5.97 Å². The van der Waals surface area contributed by atoms with Gasteiger partial charge < -0.3 is 19.3 Å². The van der Waals surface area contributed by atoms with E-state index in [0.29, 0.717) is 47.0 Å². The highest BCUT2D eigenvalue weighted by Gasteiger charge is 2.24. The van der Waals surface area contributed by atoms with Crippen molar-refractivity contribution in [3.05, 3.63) is 63.2 Å². The molecule has 0 fully saturated rings. The van der Waals surface area contributed by atoms with Gasteiger partial charge in [-0.15, -0.1) is 0 Å². The number of allylic oxidation sites excluding steroid dienone is 1. The summed E-state index contributed by atoms with van der Waals surface area (Å²) in [7, 11) is 4.66. The third-order valence-electron chi connectivity index (χ3n) is 5.18. The van der Waals surface area contributed by atoms with Crippen molar-refractivity contribution >= 4 is 23.3 Å². The summed E-state index contributed by atoms with van der Waals surface area (Å²) in [5, 5.41) is 9.19. The van der Waals surface area contributed by atoms with Crippen LogP contribution in [0, 0.1) is 0 Å². The van der Waals surface area contributed by atoms with Crippen LogP contribution < -0.4 is 19.8 Å². The van der Waals surface area contributed by atoms with E-state index in [0.717, 1.165) is 11.1 Å². The fourth-order valence-electron chi connectivity index (χ4n) is 3.74. The number of pyridine rings is 1. The van der Waals surface area contributed by atoms with Crippen molar-refractivity contribution in [3.63, 3.8) is 0 Å². The zero-order valence-corrected chi connectivity index (χ0v) is 16.8. The van der Waals surface area contributed by atoms with E-state index in [1.165, 1.54) is 22.7 Å². The summed E-state index contributed by atoms with van der Waals surface area (Å²) in [5.74, 6) is 0.479. The summed E-state index contributed by atoms with van der Waals surface area (Å²) in [6, 6.07) is 6.63. The molecule has 1 aliphatic rings. The van der Waals surface area contributed by atoms with Crippen LogP contribution in [0.25, 0.3) is 17.3 Å². The van der Waals surface area contributed by atoms with Gasteiger partial charge in [-0.3, -0.25) is 9.20 Å². The van der Waals surface area contributed by atoms with Gasteiger partial charge in [-0.25, -0.2) is 9.78 Å². The maximum absolute atomic E-state index is 12.9. The van der Waals surface area contributed by atoms with Crippen LogP contribution in [-0.2, 0) is 6.42 Å². The number of carboxylic acid groups (broad SMARTS) is 1. The van der Waals surface area contributed by atoms with Crippen LogP contribution in [-0.4, -0.2) is 41.8 Å². The molecular formula is C22H20N2O6. The Morgan fingerprint density at radius 1 is 1.07 bits per heavy atom. The number of nitrogens with zero attached hydrogens (tertiary/aromatic N) is 2. The van der Waals surface area contributed by atoms with E-state index in [4.69, 9.17) is 14.2 Å². The number of rotatable bonds is 5. The Bertz CT molecular complexity index is 1260. The molecule has 1 aromatic carbocycles. The molecule has 3 aromatic rings. The van der Waals surface area contributed by atoms with E-state index in [1.54, 1.807) is 27.4 Å². The molecule has 154 valence electrons. The Morgan fingerprint density at radius 3 is 2.50 bits per heavy atom. The van der Waals surface area contributed by atoms with Gasteiger partial charge in [0.15, 0.2) is 11.5 Å². The second-order valence-corrected chi connectivity index (χ2v) is 6.79. The number of hydrogen-bond acceptors (Lipinski definition) is 6. The smallest absolute Gasteiger partial charge is 0.337 e. The van der Waals surface area contributed by atoms with Crippen molar-refractivity contribution in [2.24, 2.45) is 0 Å². The van der Waals surface area contributed by atoms with Crippen molar-refractivity contribution in [2.75, 3.05) is 21.3 Å². The van der Waals surface area contributed by atoms with Crippen LogP contribution in [0.3, 0.4) is 0 Å². The average molecular weight is 408 g/mol. The second kappa shape index (κ2) is 7.55. The number of methoxy groups -OCH3 is 3. The van der Waals surface area contributed by atoms with Gasteiger partial charge in [-0.2, -0.15) is 0 Å². The molecule has 8 heteroatoms. The van der Waals surface area contributed by atoms with Gasteiger partial charge in [0, 0.05) is 17.3 Å². The molecule has 0 amide bonds. The molecule has 0 saturated carbocycles.